The quantitative estimate of drug-likeness (QED) is 0.921. The molecule has 1 N–H and O–H groups in total. The summed E-state index contributed by atoms with van der Waals surface area (Å²) in [5, 5.41) is 8.05. The van der Waals surface area contributed by atoms with Crippen molar-refractivity contribution < 1.29 is 4.74 Å². The van der Waals surface area contributed by atoms with Crippen LogP contribution in [0.1, 0.15) is 38.3 Å². The molecule has 1 saturated heterocycles. The van der Waals surface area contributed by atoms with Crippen molar-refractivity contribution in [2.45, 2.75) is 38.6 Å². The van der Waals surface area contributed by atoms with Gasteiger partial charge in [-0.25, -0.2) is 9.50 Å². The van der Waals surface area contributed by atoms with E-state index in [1.54, 1.807) is 6.20 Å². The van der Waals surface area contributed by atoms with E-state index in [4.69, 9.17) is 4.74 Å². The van der Waals surface area contributed by atoms with Crippen LogP contribution in [0.3, 0.4) is 0 Å². The van der Waals surface area contributed by atoms with Gasteiger partial charge in [-0.3, -0.25) is 0 Å². The SMILES string of the molecule is CC(C)c1cc2c(NC3CCCOC3)nccn2n1. The molecule has 3 rings (SSSR count). The van der Waals surface area contributed by atoms with Crippen molar-refractivity contribution in [3.05, 3.63) is 24.2 Å². The second-order valence-corrected chi connectivity index (χ2v) is 5.39. The van der Waals surface area contributed by atoms with E-state index in [1.165, 1.54) is 0 Å². The summed E-state index contributed by atoms with van der Waals surface area (Å²) in [6.07, 6.45) is 5.92. The molecule has 1 aliphatic rings. The fraction of sp³-hybridized carbons (Fsp3) is 0.571. The minimum Gasteiger partial charge on any atom is -0.379 e. The number of rotatable bonds is 3. The lowest BCUT2D eigenvalue weighted by atomic mass is 10.1. The smallest absolute Gasteiger partial charge is 0.152 e. The van der Waals surface area contributed by atoms with Crippen molar-refractivity contribution in [3.63, 3.8) is 0 Å². The minimum atomic E-state index is 0.352. The van der Waals surface area contributed by atoms with E-state index in [-0.39, 0.29) is 0 Å². The van der Waals surface area contributed by atoms with Gasteiger partial charge in [0.05, 0.1) is 18.3 Å². The summed E-state index contributed by atoms with van der Waals surface area (Å²) in [7, 11) is 0. The van der Waals surface area contributed by atoms with Crippen molar-refractivity contribution in [2.75, 3.05) is 18.5 Å². The molecule has 0 aliphatic carbocycles. The van der Waals surface area contributed by atoms with E-state index >= 15 is 0 Å². The lowest BCUT2D eigenvalue weighted by Crippen LogP contribution is -2.30. The molecular weight excluding hydrogens is 240 g/mol. The van der Waals surface area contributed by atoms with Gasteiger partial charge in [0, 0.05) is 19.0 Å². The third-order valence-corrected chi connectivity index (χ3v) is 3.50. The van der Waals surface area contributed by atoms with Crippen molar-refractivity contribution in [3.8, 4) is 0 Å². The number of aromatic nitrogens is 3. The van der Waals surface area contributed by atoms with Gasteiger partial charge in [-0.2, -0.15) is 5.10 Å². The maximum atomic E-state index is 5.50. The maximum absolute atomic E-state index is 5.50. The number of nitrogens with zero attached hydrogens (tertiary/aromatic N) is 3. The molecule has 3 heterocycles. The third-order valence-electron chi connectivity index (χ3n) is 3.50. The highest BCUT2D eigenvalue weighted by atomic mass is 16.5. The molecule has 19 heavy (non-hydrogen) atoms. The highest BCUT2D eigenvalue weighted by molar-refractivity contribution is 5.68. The molecule has 2 aromatic rings. The van der Waals surface area contributed by atoms with Crippen molar-refractivity contribution in [1.29, 1.82) is 0 Å². The third kappa shape index (κ3) is 2.56. The van der Waals surface area contributed by atoms with Crippen LogP contribution in [0.4, 0.5) is 5.82 Å². The molecule has 5 heteroatoms. The first-order chi connectivity index (χ1) is 9.24. The van der Waals surface area contributed by atoms with Gasteiger partial charge >= 0.3 is 0 Å². The Labute approximate surface area is 113 Å². The van der Waals surface area contributed by atoms with Gasteiger partial charge in [-0.05, 0) is 24.8 Å². The summed E-state index contributed by atoms with van der Waals surface area (Å²) in [6, 6.07) is 2.47. The summed E-state index contributed by atoms with van der Waals surface area (Å²) < 4.78 is 7.39. The molecule has 102 valence electrons. The van der Waals surface area contributed by atoms with E-state index in [0.29, 0.717) is 12.0 Å². The number of anilines is 1. The first-order valence-corrected chi connectivity index (χ1v) is 6.92. The molecule has 0 saturated carbocycles. The number of hydrogen-bond acceptors (Lipinski definition) is 4. The second kappa shape index (κ2) is 5.17. The van der Waals surface area contributed by atoms with Crippen LogP contribution in [-0.4, -0.2) is 33.9 Å². The zero-order valence-electron chi connectivity index (χ0n) is 11.5. The molecular formula is C14H20N4O. The van der Waals surface area contributed by atoms with Gasteiger partial charge in [0.25, 0.3) is 0 Å². The molecule has 1 fully saturated rings. The van der Waals surface area contributed by atoms with E-state index in [9.17, 15) is 0 Å². The standard InChI is InChI=1S/C14H20N4O/c1-10(2)12-8-13-14(15-5-6-18(13)17-12)16-11-4-3-7-19-9-11/h5-6,8,10-11H,3-4,7,9H2,1-2H3,(H,15,16). The molecule has 1 aliphatic heterocycles. The molecule has 0 aromatic carbocycles. The van der Waals surface area contributed by atoms with E-state index in [1.807, 2.05) is 10.7 Å². The Kier molecular flexibility index (Phi) is 3.38. The highest BCUT2D eigenvalue weighted by Crippen LogP contribution is 2.21. The highest BCUT2D eigenvalue weighted by Gasteiger charge is 2.16. The van der Waals surface area contributed by atoms with E-state index in [2.05, 4.69) is 35.3 Å². The summed E-state index contributed by atoms with van der Waals surface area (Å²) >= 11 is 0. The zero-order chi connectivity index (χ0) is 13.2. The van der Waals surface area contributed by atoms with Gasteiger partial charge in [0.1, 0.15) is 5.52 Å². The minimum absolute atomic E-state index is 0.352. The van der Waals surface area contributed by atoms with Crippen LogP contribution < -0.4 is 5.32 Å². The van der Waals surface area contributed by atoms with E-state index in [0.717, 1.165) is 43.1 Å². The Morgan fingerprint density at radius 2 is 2.37 bits per heavy atom. The average molecular weight is 260 g/mol. The fourth-order valence-corrected chi connectivity index (χ4v) is 2.38. The van der Waals surface area contributed by atoms with Gasteiger partial charge in [-0.1, -0.05) is 13.8 Å². The van der Waals surface area contributed by atoms with E-state index < -0.39 is 0 Å². The molecule has 1 unspecified atom stereocenters. The second-order valence-electron chi connectivity index (χ2n) is 5.39. The van der Waals surface area contributed by atoms with Crippen LogP contribution in [0.5, 0.6) is 0 Å². The molecule has 0 spiro atoms. The van der Waals surface area contributed by atoms with Crippen LogP contribution >= 0.6 is 0 Å². The molecule has 0 amide bonds. The number of ether oxygens (including phenoxy) is 1. The average Bonchev–Trinajstić information content (AvgIpc) is 2.85. The Morgan fingerprint density at radius 3 is 3.11 bits per heavy atom. The number of nitrogens with one attached hydrogen (secondary N) is 1. The van der Waals surface area contributed by atoms with Crippen molar-refractivity contribution in [2.24, 2.45) is 0 Å². The first kappa shape index (κ1) is 12.4. The predicted octanol–water partition coefficient (Wildman–Crippen LogP) is 2.44. The molecule has 0 radical (unpaired) electrons. The topological polar surface area (TPSA) is 51.5 Å². The summed E-state index contributed by atoms with van der Waals surface area (Å²) in [5.41, 5.74) is 2.13. The largest absolute Gasteiger partial charge is 0.379 e. The Balaban J connectivity index is 1.89. The maximum Gasteiger partial charge on any atom is 0.152 e. The van der Waals surface area contributed by atoms with Crippen LogP contribution in [0, 0.1) is 0 Å². The van der Waals surface area contributed by atoms with Crippen LogP contribution in [-0.2, 0) is 4.74 Å². The Hall–Kier alpha value is -1.62. The van der Waals surface area contributed by atoms with Crippen molar-refractivity contribution in [1.82, 2.24) is 14.6 Å². The summed E-state index contributed by atoms with van der Waals surface area (Å²) in [5.74, 6) is 1.32. The predicted molar refractivity (Wildman–Crippen MR) is 74.5 cm³/mol. The number of hydrogen-bond donors (Lipinski definition) is 1. The summed E-state index contributed by atoms with van der Waals surface area (Å²) in [4.78, 5) is 4.45. The number of fused-ring (bicyclic) bond motifs is 1. The zero-order valence-corrected chi connectivity index (χ0v) is 11.5. The van der Waals surface area contributed by atoms with Crippen molar-refractivity contribution >= 4 is 11.3 Å². The Bertz CT molecular complexity index is 558. The summed E-state index contributed by atoms with van der Waals surface area (Å²) in [6.45, 7) is 5.93. The lowest BCUT2D eigenvalue weighted by molar-refractivity contribution is 0.0875. The van der Waals surface area contributed by atoms with Gasteiger partial charge in [0.15, 0.2) is 5.82 Å². The Morgan fingerprint density at radius 1 is 1.47 bits per heavy atom. The van der Waals surface area contributed by atoms with Gasteiger partial charge in [0.2, 0.25) is 0 Å². The lowest BCUT2D eigenvalue weighted by Gasteiger charge is -2.23. The van der Waals surface area contributed by atoms with Crippen LogP contribution in [0.15, 0.2) is 18.5 Å². The normalized spacial score (nSPS) is 20.1. The molecule has 5 nitrogen and oxygen atoms in total. The fourth-order valence-electron chi connectivity index (χ4n) is 2.38. The van der Waals surface area contributed by atoms with Crippen LogP contribution in [0.2, 0.25) is 0 Å². The monoisotopic (exact) mass is 260 g/mol. The molecule has 2 aromatic heterocycles. The molecule has 0 bridgehead atoms. The first-order valence-electron chi connectivity index (χ1n) is 6.92. The van der Waals surface area contributed by atoms with Crippen LogP contribution in [0.25, 0.3) is 5.52 Å². The van der Waals surface area contributed by atoms with Gasteiger partial charge in [-0.15, -0.1) is 0 Å². The van der Waals surface area contributed by atoms with Gasteiger partial charge < -0.3 is 10.1 Å². The molecule has 1 atom stereocenters.